The SMILES string of the molecule is CCCCCCC(O)CCCCCCCCCCCO.ClCC1CO1.O=C1OC(=O)C2CCCCC12. The summed E-state index contributed by atoms with van der Waals surface area (Å²) in [5.41, 5.74) is 0. The Hall–Kier alpha value is -0.690. The summed E-state index contributed by atoms with van der Waals surface area (Å²) in [6.07, 6.45) is 22.4. The first kappa shape index (κ1) is 33.3. The Morgan fingerprint density at radius 2 is 1.25 bits per heavy atom. The number of carbonyl (C=O) groups is 2. The molecule has 212 valence electrons. The highest BCUT2D eigenvalue weighted by molar-refractivity contribution is 6.18. The minimum Gasteiger partial charge on any atom is -0.396 e. The average Bonchev–Trinajstić information content (AvgIpc) is 3.69. The fourth-order valence-electron chi connectivity index (χ4n) is 4.78. The predicted octanol–water partition coefficient (Wildman–Crippen LogP) is 6.71. The Morgan fingerprint density at radius 3 is 1.64 bits per heavy atom. The first-order chi connectivity index (χ1) is 17.5. The second kappa shape index (κ2) is 22.3. The van der Waals surface area contributed by atoms with Crippen molar-refractivity contribution in [1.82, 2.24) is 0 Å². The lowest BCUT2D eigenvalue weighted by molar-refractivity contribution is -0.153. The molecule has 1 aliphatic carbocycles. The smallest absolute Gasteiger partial charge is 0.317 e. The first-order valence-corrected chi connectivity index (χ1v) is 15.3. The Balaban J connectivity index is 0.000000329. The van der Waals surface area contributed by atoms with E-state index in [0.29, 0.717) is 18.6 Å². The molecule has 36 heavy (non-hydrogen) atoms. The monoisotopic (exact) mass is 532 g/mol. The van der Waals surface area contributed by atoms with Crippen LogP contribution in [-0.2, 0) is 19.1 Å². The molecule has 3 rings (SSSR count). The number of rotatable bonds is 17. The minimum atomic E-state index is -0.292. The molecule has 2 heterocycles. The van der Waals surface area contributed by atoms with Crippen molar-refractivity contribution in [3.05, 3.63) is 0 Å². The largest absolute Gasteiger partial charge is 0.396 e. The second-order valence-corrected chi connectivity index (χ2v) is 10.9. The van der Waals surface area contributed by atoms with E-state index in [1.807, 2.05) is 0 Å². The van der Waals surface area contributed by atoms with Gasteiger partial charge < -0.3 is 19.7 Å². The molecule has 0 aromatic rings. The van der Waals surface area contributed by atoms with E-state index in [-0.39, 0.29) is 29.9 Å². The first-order valence-electron chi connectivity index (χ1n) is 14.7. The van der Waals surface area contributed by atoms with Crippen LogP contribution < -0.4 is 0 Å². The number of ether oxygens (including phenoxy) is 2. The van der Waals surface area contributed by atoms with Crippen LogP contribution in [0.4, 0.5) is 0 Å². The number of aliphatic hydroxyl groups excluding tert-OH is 2. The summed E-state index contributed by atoms with van der Waals surface area (Å²) >= 11 is 5.27. The molecule has 3 fully saturated rings. The molecule has 0 radical (unpaired) electrons. The van der Waals surface area contributed by atoms with Crippen molar-refractivity contribution < 1.29 is 29.3 Å². The van der Waals surface area contributed by atoms with Crippen LogP contribution in [0.25, 0.3) is 0 Å². The Kier molecular flexibility index (Phi) is 20.7. The van der Waals surface area contributed by atoms with Gasteiger partial charge in [-0.3, -0.25) is 9.59 Å². The summed E-state index contributed by atoms with van der Waals surface area (Å²) in [4.78, 5) is 22.0. The van der Waals surface area contributed by atoms with Gasteiger partial charge >= 0.3 is 11.9 Å². The van der Waals surface area contributed by atoms with E-state index in [1.165, 1.54) is 77.0 Å². The van der Waals surface area contributed by atoms with Crippen LogP contribution in [0.5, 0.6) is 0 Å². The number of cyclic esters (lactones) is 2. The van der Waals surface area contributed by atoms with Gasteiger partial charge in [0.2, 0.25) is 0 Å². The van der Waals surface area contributed by atoms with Crippen LogP contribution in [0, 0.1) is 11.8 Å². The molecule has 0 amide bonds. The van der Waals surface area contributed by atoms with Crippen LogP contribution in [0.3, 0.4) is 0 Å². The molecule has 2 N–H and O–H groups in total. The highest BCUT2D eigenvalue weighted by atomic mass is 35.5. The van der Waals surface area contributed by atoms with Crippen molar-refractivity contribution in [3.63, 3.8) is 0 Å². The Morgan fingerprint density at radius 1 is 0.806 bits per heavy atom. The third-order valence-corrected chi connectivity index (χ3v) is 7.58. The van der Waals surface area contributed by atoms with Crippen molar-refractivity contribution in [2.24, 2.45) is 11.8 Å². The molecule has 0 aromatic carbocycles. The van der Waals surface area contributed by atoms with Crippen molar-refractivity contribution in [2.75, 3.05) is 19.1 Å². The van der Waals surface area contributed by atoms with Crippen LogP contribution in [-0.4, -0.2) is 53.5 Å². The quantitative estimate of drug-likeness (QED) is 0.0710. The number of alkyl halides is 1. The summed E-state index contributed by atoms with van der Waals surface area (Å²) in [7, 11) is 0. The van der Waals surface area contributed by atoms with Crippen LogP contribution in [0.15, 0.2) is 0 Å². The highest BCUT2D eigenvalue weighted by Gasteiger charge is 2.44. The average molecular weight is 533 g/mol. The van der Waals surface area contributed by atoms with Gasteiger partial charge in [0, 0.05) is 6.61 Å². The zero-order chi connectivity index (χ0) is 26.4. The predicted molar refractivity (Wildman–Crippen MR) is 145 cm³/mol. The molecule has 0 aromatic heterocycles. The summed E-state index contributed by atoms with van der Waals surface area (Å²) < 4.78 is 9.26. The number of carbonyl (C=O) groups excluding carboxylic acids is 2. The van der Waals surface area contributed by atoms with Crippen LogP contribution in [0.2, 0.25) is 0 Å². The van der Waals surface area contributed by atoms with Gasteiger partial charge in [-0.1, -0.05) is 96.8 Å². The maximum atomic E-state index is 11.0. The van der Waals surface area contributed by atoms with E-state index in [4.69, 9.17) is 21.4 Å². The zero-order valence-corrected chi connectivity index (χ0v) is 23.5. The lowest BCUT2D eigenvalue weighted by atomic mass is 9.81. The fraction of sp³-hybridized carbons (Fsp3) is 0.931. The van der Waals surface area contributed by atoms with E-state index >= 15 is 0 Å². The molecule has 0 bridgehead atoms. The number of epoxide rings is 1. The number of esters is 2. The standard InChI is InChI=1S/C18H38O2.C8H10O3.C3H5ClO/c1-2-3-4-12-15-18(20)16-13-10-8-6-5-7-9-11-14-17-19;9-7-5-3-1-2-4-6(5)8(10)11-7;4-1-3-2-5-3/h18-20H,2-17H2,1H3;5-6H,1-4H2;3H,1-2H2. The van der Waals surface area contributed by atoms with Crippen LogP contribution >= 0.6 is 11.6 Å². The molecular formula is C29H53ClO6. The highest BCUT2D eigenvalue weighted by Crippen LogP contribution is 2.36. The number of halogens is 1. The topological polar surface area (TPSA) is 96.4 Å². The molecule has 2 saturated heterocycles. The summed E-state index contributed by atoms with van der Waals surface area (Å²) in [5, 5.41) is 18.5. The summed E-state index contributed by atoms with van der Waals surface area (Å²) in [6.45, 7) is 3.45. The van der Waals surface area contributed by atoms with E-state index in [2.05, 4.69) is 11.7 Å². The summed E-state index contributed by atoms with van der Waals surface area (Å²) in [6, 6.07) is 0. The third-order valence-electron chi connectivity index (χ3n) is 7.23. The number of hydrogen-bond donors (Lipinski definition) is 2. The fourth-order valence-corrected chi connectivity index (χ4v) is 4.96. The number of unbranched alkanes of at least 4 members (excludes halogenated alkanes) is 11. The third kappa shape index (κ3) is 16.9. The van der Waals surface area contributed by atoms with Gasteiger partial charge in [-0.15, -0.1) is 11.6 Å². The maximum absolute atomic E-state index is 11.0. The Bertz CT molecular complexity index is 532. The molecule has 2 aliphatic heterocycles. The molecule has 4 atom stereocenters. The molecule has 7 heteroatoms. The number of aliphatic hydroxyl groups is 2. The Labute approximate surface area is 224 Å². The minimum absolute atomic E-state index is 0.0506. The molecule has 4 unspecified atom stereocenters. The van der Waals surface area contributed by atoms with Crippen molar-refractivity contribution in [2.45, 2.75) is 141 Å². The maximum Gasteiger partial charge on any atom is 0.317 e. The second-order valence-electron chi connectivity index (χ2n) is 10.5. The van der Waals surface area contributed by atoms with E-state index < -0.39 is 0 Å². The lowest BCUT2D eigenvalue weighted by Gasteiger charge is -2.18. The molecule has 1 saturated carbocycles. The number of hydrogen-bond acceptors (Lipinski definition) is 6. The van der Waals surface area contributed by atoms with Gasteiger partial charge in [0.25, 0.3) is 0 Å². The van der Waals surface area contributed by atoms with Gasteiger partial charge in [0.1, 0.15) is 0 Å². The van der Waals surface area contributed by atoms with Gasteiger partial charge in [0.05, 0.1) is 36.5 Å². The van der Waals surface area contributed by atoms with E-state index in [0.717, 1.165) is 51.6 Å². The molecular weight excluding hydrogens is 480 g/mol. The van der Waals surface area contributed by atoms with Gasteiger partial charge in [-0.05, 0) is 32.1 Å². The van der Waals surface area contributed by atoms with Crippen molar-refractivity contribution in [1.29, 1.82) is 0 Å². The molecule has 3 aliphatic rings. The van der Waals surface area contributed by atoms with Gasteiger partial charge in [0.15, 0.2) is 0 Å². The molecule has 0 spiro atoms. The van der Waals surface area contributed by atoms with Crippen molar-refractivity contribution in [3.8, 4) is 0 Å². The van der Waals surface area contributed by atoms with Gasteiger partial charge in [-0.25, -0.2) is 0 Å². The summed E-state index contributed by atoms with van der Waals surface area (Å²) in [5.74, 6) is -0.119. The normalized spacial score (nSPS) is 23.1. The number of fused-ring (bicyclic) bond motifs is 1. The van der Waals surface area contributed by atoms with Gasteiger partial charge in [-0.2, -0.15) is 0 Å². The van der Waals surface area contributed by atoms with Crippen LogP contribution in [0.1, 0.15) is 129 Å². The lowest BCUT2D eigenvalue weighted by Crippen LogP contribution is -2.21. The van der Waals surface area contributed by atoms with E-state index in [1.54, 1.807) is 0 Å². The van der Waals surface area contributed by atoms with Crippen molar-refractivity contribution >= 4 is 23.5 Å². The molecule has 6 nitrogen and oxygen atoms in total. The van der Waals surface area contributed by atoms with E-state index in [9.17, 15) is 14.7 Å². The zero-order valence-electron chi connectivity index (χ0n) is 22.8.